The molecule has 8 heteroatoms. The third-order valence-corrected chi connectivity index (χ3v) is 3.78. The van der Waals surface area contributed by atoms with Crippen LogP contribution in [0.5, 0.6) is 0 Å². The zero-order valence-corrected chi connectivity index (χ0v) is 15.1. The van der Waals surface area contributed by atoms with Crippen molar-refractivity contribution in [3.8, 4) is 11.1 Å². The Morgan fingerprint density at radius 3 is 2.52 bits per heavy atom. The molecule has 0 aliphatic carbocycles. The Morgan fingerprint density at radius 2 is 1.88 bits per heavy atom. The number of amides is 1. The summed E-state index contributed by atoms with van der Waals surface area (Å²) in [5.41, 5.74) is 9.93. The lowest BCUT2D eigenvalue weighted by Gasteiger charge is -2.11. The van der Waals surface area contributed by atoms with Crippen LogP contribution >= 0.6 is 24.8 Å². The van der Waals surface area contributed by atoms with Gasteiger partial charge in [0.05, 0.1) is 22.3 Å². The zero-order chi connectivity index (χ0) is 16.6. The Hall–Kier alpha value is -2.66. The van der Waals surface area contributed by atoms with Crippen LogP contribution in [0, 0.1) is 13.8 Å². The maximum absolute atomic E-state index is 11.5. The second kappa shape index (κ2) is 7.94. The van der Waals surface area contributed by atoms with E-state index in [4.69, 9.17) is 5.73 Å². The van der Waals surface area contributed by atoms with Crippen LogP contribution in [0.25, 0.3) is 22.2 Å². The summed E-state index contributed by atoms with van der Waals surface area (Å²) in [7, 11) is 0. The number of aromatic amines is 1. The molecule has 2 aromatic carbocycles. The molecule has 0 aliphatic rings. The Morgan fingerprint density at radius 1 is 1.16 bits per heavy atom. The number of carbonyl (C=O) groups is 1. The molecule has 0 atom stereocenters. The van der Waals surface area contributed by atoms with E-state index in [1.807, 2.05) is 25.1 Å². The summed E-state index contributed by atoms with van der Waals surface area (Å²) in [5.74, 6) is 0.174. The average molecular weight is 379 g/mol. The fourth-order valence-corrected chi connectivity index (χ4v) is 2.75. The van der Waals surface area contributed by atoms with Crippen molar-refractivity contribution in [3.63, 3.8) is 0 Å². The molecule has 25 heavy (non-hydrogen) atoms. The van der Waals surface area contributed by atoms with Gasteiger partial charge in [-0.3, -0.25) is 4.79 Å². The Kier molecular flexibility index (Phi) is 6.48. The van der Waals surface area contributed by atoms with Crippen molar-refractivity contribution in [1.82, 2.24) is 9.97 Å². The number of aliphatic imine (C=N–C) groups is 1. The lowest BCUT2D eigenvalue weighted by molar-refractivity contribution is 0.100. The number of hydrogen-bond acceptors (Lipinski definition) is 4. The van der Waals surface area contributed by atoms with Gasteiger partial charge < -0.3 is 10.7 Å². The van der Waals surface area contributed by atoms with E-state index in [-0.39, 0.29) is 36.1 Å². The summed E-state index contributed by atoms with van der Waals surface area (Å²) < 4.78 is 0. The van der Waals surface area contributed by atoms with Crippen LogP contribution in [0.1, 0.15) is 21.7 Å². The van der Waals surface area contributed by atoms with E-state index < -0.39 is 5.91 Å². The Labute approximate surface area is 156 Å². The number of halogens is 2. The molecule has 1 amide bonds. The predicted octanol–water partition coefficient (Wildman–Crippen LogP) is 3.76. The van der Waals surface area contributed by atoms with Crippen LogP contribution in [0.15, 0.2) is 35.3 Å². The van der Waals surface area contributed by atoms with Crippen molar-refractivity contribution in [3.05, 3.63) is 47.3 Å². The molecule has 6 nitrogen and oxygen atoms in total. The second-order valence-corrected chi connectivity index (χ2v) is 5.23. The number of isocyanates is 1. The zero-order valence-electron chi connectivity index (χ0n) is 13.5. The topological polar surface area (TPSA) is 101 Å². The van der Waals surface area contributed by atoms with Crippen LogP contribution in [0.4, 0.5) is 5.69 Å². The van der Waals surface area contributed by atoms with Gasteiger partial charge in [0.1, 0.15) is 5.82 Å². The number of hydrogen-bond donors (Lipinski definition) is 2. The van der Waals surface area contributed by atoms with Crippen molar-refractivity contribution < 1.29 is 9.59 Å². The van der Waals surface area contributed by atoms with Gasteiger partial charge in [-0.05, 0) is 37.1 Å². The Bertz CT molecular complexity index is 992. The molecule has 1 aromatic heterocycles. The fourth-order valence-electron chi connectivity index (χ4n) is 2.75. The van der Waals surface area contributed by atoms with Crippen molar-refractivity contribution in [2.75, 3.05) is 0 Å². The van der Waals surface area contributed by atoms with E-state index in [0.29, 0.717) is 5.56 Å². The first-order chi connectivity index (χ1) is 11.0. The number of imidazole rings is 1. The summed E-state index contributed by atoms with van der Waals surface area (Å²) in [6.45, 7) is 3.67. The largest absolute Gasteiger partial charge is 0.366 e. The molecule has 0 saturated carbocycles. The van der Waals surface area contributed by atoms with E-state index in [2.05, 4.69) is 15.0 Å². The van der Waals surface area contributed by atoms with E-state index in [1.165, 1.54) is 6.08 Å². The van der Waals surface area contributed by atoms with Crippen molar-refractivity contribution in [2.45, 2.75) is 13.8 Å². The highest BCUT2D eigenvalue weighted by atomic mass is 35.5. The molecule has 0 unspecified atom stereocenters. The van der Waals surface area contributed by atoms with Crippen molar-refractivity contribution in [1.29, 1.82) is 0 Å². The van der Waals surface area contributed by atoms with Gasteiger partial charge in [0, 0.05) is 5.56 Å². The predicted molar refractivity (Wildman–Crippen MR) is 102 cm³/mol. The summed E-state index contributed by atoms with van der Waals surface area (Å²) >= 11 is 0. The molecule has 3 aromatic rings. The molecule has 1 heterocycles. The van der Waals surface area contributed by atoms with E-state index in [0.717, 1.165) is 28.0 Å². The average Bonchev–Trinajstić information content (AvgIpc) is 2.89. The number of nitrogens with one attached hydrogen (secondary N) is 1. The molecule has 3 rings (SSSR count). The first-order valence-electron chi connectivity index (χ1n) is 7.00. The van der Waals surface area contributed by atoms with E-state index in [9.17, 15) is 9.59 Å². The smallest absolute Gasteiger partial charge is 0.250 e. The molecule has 0 radical (unpaired) electrons. The number of nitrogens with zero attached hydrogens (tertiary/aromatic N) is 2. The number of fused-ring (bicyclic) bond motifs is 1. The number of H-pyrrole nitrogens is 1. The van der Waals surface area contributed by atoms with Gasteiger partial charge in [-0.25, -0.2) is 9.78 Å². The molecule has 0 aliphatic heterocycles. The highest BCUT2D eigenvalue weighted by Crippen LogP contribution is 2.35. The molecule has 3 N–H and O–H groups in total. The van der Waals surface area contributed by atoms with Crippen molar-refractivity contribution in [2.24, 2.45) is 10.7 Å². The van der Waals surface area contributed by atoms with Crippen molar-refractivity contribution >= 4 is 53.5 Å². The quantitative estimate of drug-likeness (QED) is 0.535. The summed E-state index contributed by atoms with van der Waals surface area (Å²) in [5, 5.41) is 0. The molecule has 0 fully saturated rings. The van der Waals surface area contributed by atoms with Gasteiger partial charge in [0.2, 0.25) is 6.08 Å². The molecule has 0 bridgehead atoms. The molecular formula is C17H16Cl2N4O2. The lowest BCUT2D eigenvalue weighted by Crippen LogP contribution is -2.11. The lowest BCUT2D eigenvalue weighted by atomic mass is 9.95. The Balaban J connectivity index is 0.00000156. The minimum atomic E-state index is -0.637. The van der Waals surface area contributed by atoms with Crippen LogP contribution in [-0.4, -0.2) is 22.0 Å². The first kappa shape index (κ1) is 20.4. The number of aromatic nitrogens is 2. The van der Waals surface area contributed by atoms with E-state index in [1.54, 1.807) is 19.1 Å². The summed E-state index contributed by atoms with van der Waals surface area (Å²) in [6, 6.07) is 9.15. The molecule has 130 valence electrons. The third-order valence-electron chi connectivity index (χ3n) is 3.78. The minimum Gasteiger partial charge on any atom is -0.366 e. The minimum absolute atomic E-state index is 0. The van der Waals surface area contributed by atoms with Gasteiger partial charge >= 0.3 is 0 Å². The van der Waals surface area contributed by atoms with E-state index >= 15 is 0 Å². The number of primary amides is 1. The number of aryl methyl sites for hydroxylation is 1. The summed E-state index contributed by atoms with van der Waals surface area (Å²) in [4.78, 5) is 33.6. The number of para-hydroxylation sites is 1. The highest BCUT2D eigenvalue weighted by Gasteiger charge is 2.16. The SMILES string of the molecule is Cc1nc2c(-c3ccc(C(N)=O)c(N=C=O)c3C)cccc2[nH]1.Cl.Cl. The third kappa shape index (κ3) is 3.56. The normalized spacial score (nSPS) is 9.68. The second-order valence-electron chi connectivity index (χ2n) is 5.23. The maximum Gasteiger partial charge on any atom is 0.250 e. The monoisotopic (exact) mass is 378 g/mol. The number of rotatable bonds is 3. The first-order valence-corrected chi connectivity index (χ1v) is 7.00. The number of nitrogens with two attached hydrogens (primary N) is 1. The van der Waals surface area contributed by atoms with Crippen LogP contribution in [-0.2, 0) is 4.79 Å². The van der Waals surface area contributed by atoms with Gasteiger partial charge in [-0.2, -0.15) is 4.99 Å². The van der Waals surface area contributed by atoms with Crippen LogP contribution < -0.4 is 5.73 Å². The van der Waals surface area contributed by atoms with Gasteiger partial charge in [-0.1, -0.05) is 18.2 Å². The summed E-state index contributed by atoms with van der Waals surface area (Å²) in [6.07, 6.45) is 1.49. The van der Waals surface area contributed by atoms with Gasteiger partial charge in [0.15, 0.2) is 0 Å². The molecule has 0 saturated heterocycles. The standard InChI is InChI=1S/C17H14N4O2.2ClH/c1-9-11(6-7-13(17(18)23)15(9)19-8-22)12-4-3-5-14-16(12)21-10(2)20-14;;/h3-7H,1-2H3,(H2,18,23)(H,20,21);2*1H. The van der Waals surface area contributed by atoms with Crippen LogP contribution in [0.3, 0.4) is 0 Å². The van der Waals surface area contributed by atoms with Gasteiger partial charge in [-0.15, -0.1) is 24.8 Å². The number of carbonyl (C=O) groups excluding carboxylic acids is 2. The van der Waals surface area contributed by atoms with Crippen LogP contribution in [0.2, 0.25) is 0 Å². The number of benzene rings is 2. The molecule has 0 spiro atoms. The molecular weight excluding hydrogens is 363 g/mol. The highest BCUT2D eigenvalue weighted by molar-refractivity contribution is 6.01. The fraction of sp³-hybridized carbons (Fsp3) is 0.118. The maximum atomic E-state index is 11.5. The van der Waals surface area contributed by atoms with Gasteiger partial charge in [0.25, 0.3) is 5.91 Å².